The highest BCUT2D eigenvalue weighted by Crippen LogP contribution is 2.49. The highest BCUT2D eigenvalue weighted by Gasteiger charge is 2.45. The van der Waals surface area contributed by atoms with Gasteiger partial charge in [-0.1, -0.05) is 0 Å². The van der Waals surface area contributed by atoms with Gasteiger partial charge >= 0.3 is 0 Å². The van der Waals surface area contributed by atoms with Crippen molar-refractivity contribution in [1.82, 2.24) is 9.80 Å². The van der Waals surface area contributed by atoms with E-state index in [1.54, 1.807) is 0 Å². The molecule has 0 spiro atoms. The van der Waals surface area contributed by atoms with Crippen molar-refractivity contribution in [1.29, 1.82) is 5.41 Å². The van der Waals surface area contributed by atoms with Gasteiger partial charge in [-0.25, -0.2) is 0 Å². The molecule has 4 heteroatoms. The van der Waals surface area contributed by atoms with Crippen LogP contribution in [-0.4, -0.2) is 54.9 Å². The molecule has 0 amide bonds. The van der Waals surface area contributed by atoms with Gasteiger partial charge in [0.05, 0.1) is 5.84 Å². The van der Waals surface area contributed by atoms with Crippen LogP contribution in [-0.2, 0) is 0 Å². The van der Waals surface area contributed by atoms with Crippen molar-refractivity contribution < 1.29 is 0 Å². The van der Waals surface area contributed by atoms with Gasteiger partial charge in [0, 0.05) is 38.6 Å². The first kappa shape index (κ1) is 11.9. The highest BCUT2D eigenvalue weighted by atomic mass is 15.3. The van der Waals surface area contributed by atoms with Crippen molar-refractivity contribution in [3.8, 4) is 0 Å². The number of amidine groups is 1. The van der Waals surface area contributed by atoms with Crippen molar-refractivity contribution in [3.05, 3.63) is 0 Å². The van der Waals surface area contributed by atoms with Gasteiger partial charge in [0.1, 0.15) is 0 Å². The Kier molecular flexibility index (Phi) is 3.22. The Balaban J connectivity index is 1.87. The first-order chi connectivity index (χ1) is 7.51. The lowest BCUT2D eigenvalue weighted by molar-refractivity contribution is 0.0813. The van der Waals surface area contributed by atoms with Crippen LogP contribution < -0.4 is 5.73 Å². The molecular weight excluding hydrogens is 200 g/mol. The van der Waals surface area contributed by atoms with Crippen LogP contribution in [0.25, 0.3) is 0 Å². The molecule has 0 radical (unpaired) electrons. The van der Waals surface area contributed by atoms with Gasteiger partial charge in [-0.15, -0.1) is 0 Å². The summed E-state index contributed by atoms with van der Waals surface area (Å²) in [7, 11) is 2.19. The van der Waals surface area contributed by atoms with Crippen molar-refractivity contribution in [2.75, 3.05) is 33.2 Å². The number of likely N-dealkylation sites (N-methyl/N-ethyl adjacent to an activating group) is 1. The third-order valence-electron chi connectivity index (χ3n) is 4.03. The molecule has 3 N–H and O–H groups in total. The number of hydrogen-bond donors (Lipinski definition) is 2. The summed E-state index contributed by atoms with van der Waals surface area (Å²) in [6, 6.07) is 0.642. The summed E-state index contributed by atoms with van der Waals surface area (Å²) in [5.74, 6) is 0.360. The number of piperazine rings is 1. The zero-order chi connectivity index (χ0) is 11.8. The fourth-order valence-electron chi connectivity index (χ4n) is 2.81. The number of nitrogens with two attached hydrogens (primary N) is 1. The minimum atomic E-state index is 0.357. The SMILES string of the molecule is CC1CN(C)CCN1CC1(CC(=N)N)CC1. The lowest BCUT2D eigenvalue weighted by Gasteiger charge is -2.40. The molecule has 1 aliphatic heterocycles. The molecule has 0 bridgehead atoms. The fourth-order valence-corrected chi connectivity index (χ4v) is 2.81. The van der Waals surface area contributed by atoms with Crippen LogP contribution >= 0.6 is 0 Å². The molecule has 2 rings (SSSR count). The van der Waals surface area contributed by atoms with E-state index in [1.165, 1.54) is 19.4 Å². The molecule has 0 aromatic carbocycles. The van der Waals surface area contributed by atoms with Crippen LogP contribution in [0.5, 0.6) is 0 Å². The van der Waals surface area contributed by atoms with Gasteiger partial charge in [-0.05, 0) is 32.2 Å². The molecule has 1 unspecified atom stereocenters. The molecule has 0 aromatic rings. The average Bonchev–Trinajstić information content (AvgIpc) is 2.89. The Morgan fingerprint density at radius 1 is 1.44 bits per heavy atom. The summed E-state index contributed by atoms with van der Waals surface area (Å²) in [4.78, 5) is 4.97. The molecule has 1 heterocycles. The van der Waals surface area contributed by atoms with Crippen molar-refractivity contribution >= 4 is 5.84 Å². The van der Waals surface area contributed by atoms with Gasteiger partial charge in [0.25, 0.3) is 0 Å². The van der Waals surface area contributed by atoms with E-state index in [2.05, 4.69) is 23.8 Å². The van der Waals surface area contributed by atoms with E-state index in [4.69, 9.17) is 11.1 Å². The Morgan fingerprint density at radius 2 is 2.12 bits per heavy atom. The third kappa shape index (κ3) is 2.74. The van der Waals surface area contributed by atoms with Crippen LogP contribution in [0.2, 0.25) is 0 Å². The zero-order valence-corrected chi connectivity index (χ0v) is 10.5. The smallest absolute Gasteiger partial charge is 0.0911 e. The van der Waals surface area contributed by atoms with Gasteiger partial charge in [-0.3, -0.25) is 10.3 Å². The molecule has 2 fully saturated rings. The van der Waals surface area contributed by atoms with E-state index < -0.39 is 0 Å². The largest absolute Gasteiger partial charge is 0.388 e. The lowest BCUT2D eigenvalue weighted by atomic mass is 9.99. The maximum atomic E-state index is 7.44. The highest BCUT2D eigenvalue weighted by molar-refractivity contribution is 5.78. The fraction of sp³-hybridized carbons (Fsp3) is 0.917. The van der Waals surface area contributed by atoms with E-state index in [9.17, 15) is 0 Å². The molecule has 1 aliphatic carbocycles. The second-order valence-electron chi connectivity index (χ2n) is 5.78. The van der Waals surface area contributed by atoms with Gasteiger partial charge in [0.2, 0.25) is 0 Å². The Labute approximate surface area is 98.3 Å². The van der Waals surface area contributed by atoms with Gasteiger partial charge < -0.3 is 10.6 Å². The minimum Gasteiger partial charge on any atom is -0.388 e. The monoisotopic (exact) mass is 224 g/mol. The Morgan fingerprint density at radius 3 is 2.62 bits per heavy atom. The normalized spacial score (nSPS) is 30.2. The second kappa shape index (κ2) is 4.34. The van der Waals surface area contributed by atoms with Crippen LogP contribution in [0.15, 0.2) is 0 Å². The summed E-state index contributed by atoms with van der Waals surface area (Å²) in [6.07, 6.45) is 3.31. The van der Waals surface area contributed by atoms with Crippen LogP contribution in [0, 0.1) is 10.8 Å². The van der Waals surface area contributed by atoms with E-state index in [0.29, 0.717) is 17.3 Å². The average molecular weight is 224 g/mol. The van der Waals surface area contributed by atoms with E-state index in [1.807, 2.05) is 0 Å². The molecule has 1 atom stereocenters. The Hall–Kier alpha value is -0.610. The van der Waals surface area contributed by atoms with Gasteiger partial charge in [0.15, 0.2) is 0 Å². The number of hydrogen-bond acceptors (Lipinski definition) is 3. The predicted octanol–water partition coefficient (Wildman–Crippen LogP) is 0.729. The predicted molar refractivity (Wildman–Crippen MR) is 66.7 cm³/mol. The second-order valence-corrected chi connectivity index (χ2v) is 5.78. The van der Waals surface area contributed by atoms with Crippen molar-refractivity contribution in [2.24, 2.45) is 11.1 Å². The van der Waals surface area contributed by atoms with E-state index in [0.717, 1.165) is 26.1 Å². The molecule has 1 saturated heterocycles. The van der Waals surface area contributed by atoms with Gasteiger partial charge in [-0.2, -0.15) is 0 Å². The zero-order valence-electron chi connectivity index (χ0n) is 10.5. The standard InChI is InChI=1S/C12H24N4/c1-10-8-15(2)5-6-16(10)9-12(3-4-12)7-11(13)14/h10H,3-9H2,1-2H3,(H3,13,14). The molecule has 92 valence electrons. The minimum absolute atomic E-state index is 0.357. The number of nitrogens with zero attached hydrogens (tertiary/aromatic N) is 2. The summed E-state index contributed by atoms with van der Waals surface area (Å²) >= 11 is 0. The number of rotatable bonds is 4. The summed E-state index contributed by atoms with van der Waals surface area (Å²) < 4.78 is 0. The summed E-state index contributed by atoms with van der Waals surface area (Å²) in [6.45, 7) is 6.94. The van der Waals surface area contributed by atoms with Crippen LogP contribution in [0.4, 0.5) is 0 Å². The van der Waals surface area contributed by atoms with E-state index in [-0.39, 0.29) is 0 Å². The van der Waals surface area contributed by atoms with Crippen molar-refractivity contribution in [2.45, 2.75) is 32.2 Å². The molecule has 16 heavy (non-hydrogen) atoms. The maximum Gasteiger partial charge on any atom is 0.0911 e. The van der Waals surface area contributed by atoms with Crippen LogP contribution in [0.3, 0.4) is 0 Å². The lowest BCUT2D eigenvalue weighted by Crippen LogP contribution is -2.52. The maximum absolute atomic E-state index is 7.44. The summed E-state index contributed by atoms with van der Waals surface area (Å²) in [5, 5.41) is 7.44. The third-order valence-corrected chi connectivity index (χ3v) is 4.03. The van der Waals surface area contributed by atoms with E-state index >= 15 is 0 Å². The first-order valence-corrected chi connectivity index (χ1v) is 6.26. The molecule has 1 saturated carbocycles. The molecular formula is C12H24N4. The number of nitrogens with one attached hydrogen (secondary N) is 1. The van der Waals surface area contributed by atoms with Crippen LogP contribution in [0.1, 0.15) is 26.2 Å². The first-order valence-electron chi connectivity index (χ1n) is 6.26. The molecule has 0 aromatic heterocycles. The molecule has 4 nitrogen and oxygen atoms in total. The quantitative estimate of drug-likeness (QED) is 0.547. The topological polar surface area (TPSA) is 56.4 Å². The molecule has 2 aliphatic rings. The Bertz CT molecular complexity index is 272. The van der Waals surface area contributed by atoms with Crippen molar-refractivity contribution in [3.63, 3.8) is 0 Å². The summed E-state index contributed by atoms with van der Waals surface area (Å²) in [5.41, 5.74) is 5.89.